The van der Waals surface area contributed by atoms with Crippen LogP contribution in [0.1, 0.15) is 37.2 Å². The van der Waals surface area contributed by atoms with Gasteiger partial charge in [0.25, 0.3) is 0 Å². The van der Waals surface area contributed by atoms with Crippen LogP contribution in [-0.4, -0.2) is 42.6 Å². The van der Waals surface area contributed by atoms with Crippen molar-refractivity contribution in [2.75, 3.05) is 26.3 Å². The van der Waals surface area contributed by atoms with E-state index in [1.54, 1.807) is 0 Å². The van der Waals surface area contributed by atoms with Crippen molar-refractivity contribution in [2.24, 2.45) is 5.73 Å². The number of ether oxygens (including phenoxy) is 1. The van der Waals surface area contributed by atoms with Crippen molar-refractivity contribution < 1.29 is 9.53 Å². The second kappa shape index (κ2) is 6.77. The fourth-order valence-electron chi connectivity index (χ4n) is 4.26. The van der Waals surface area contributed by atoms with Gasteiger partial charge in [0.05, 0.1) is 5.54 Å². The van der Waals surface area contributed by atoms with Crippen LogP contribution in [-0.2, 0) is 9.53 Å². The number of fused-ring (bicyclic) bond motifs is 1. The van der Waals surface area contributed by atoms with Crippen LogP contribution >= 0.6 is 0 Å². The number of hydrogen-bond acceptors (Lipinski definition) is 3. The second-order valence-corrected chi connectivity index (χ2v) is 7.40. The molecule has 2 aliphatic heterocycles. The van der Waals surface area contributed by atoms with Gasteiger partial charge in [-0.1, -0.05) is 42.5 Å². The van der Waals surface area contributed by atoms with Crippen molar-refractivity contribution in [3.63, 3.8) is 0 Å². The molecule has 0 spiro atoms. The molecule has 0 atom stereocenters. The van der Waals surface area contributed by atoms with Gasteiger partial charge in [-0.2, -0.15) is 0 Å². The lowest BCUT2D eigenvalue weighted by molar-refractivity contribution is -0.141. The highest BCUT2D eigenvalue weighted by molar-refractivity contribution is 5.87. The van der Waals surface area contributed by atoms with Crippen molar-refractivity contribution in [1.82, 2.24) is 4.90 Å². The number of rotatable bonds is 2. The predicted molar refractivity (Wildman–Crippen MR) is 99.5 cm³/mol. The summed E-state index contributed by atoms with van der Waals surface area (Å²) < 4.78 is 5.37. The first-order chi connectivity index (χ1) is 12.2. The van der Waals surface area contributed by atoms with E-state index >= 15 is 0 Å². The molecule has 0 aliphatic carbocycles. The molecule has 2 aliphatic rings. The fraction of sp³-hybridized carbons (Fsp3) is 0.476. The Bertz CT molecular complexity index is 754. The third kappa shape index (κ3) is 3.16. The molecule has 25 heavy (non-hydrogen) atoms. The van der Waals surface area contributed by atoms with Gasteiger partial charge in [0, 0.05) is 26.3 Å². The summed E-state index contributed by atoms with van der Waals surface area (Å²) in [5.74, 6) is 0.630. The van der Waals surface area contributed by atoms with Crippen LogP contribution in [0.15, 0.2) is 42.5 Å². The summed E-state index contributed by atoms with van der Waals surface area (Å²) in [5.41, 5.74) is 7.08. The smallest absolute Gasteiger partial charge is 0.242 e. The molecule has 0 bridgehead atoms. The van der Waals surface area contributed by atoms with E-state index in [-0.39, 0.29) is 5.91 Å². The summed E-state index contributed by atoms with van der Waals surface area (Å²) in [6.07, 6.45) is 3.28. The third-order valence-electron chi connectivity index (χ3n) is 5.86. The lowest BCUT2D eigenvalue weighted by atomic mass is 9.84. The average molecular weight is 338 g/mol. The largest absolute Gasteiger partial charge is 0.381 e. The normalized spacial score (nSPS) is 21.4. The maximum absolute atomic E-state index is 12.9. The number of nitrogens with zero attached hydrogens (tertiary/aromatic N) is 1. The summed E-state index contributed by atoms with van der Waals surface area (Å²) in [5, 5.41) is 2.64. The van der Waals surface area contributed by atoms with Gasteiger partial charge < -0.3 is 15.4 Å². The fourth-order valence-corrected chi connectivity index (χ4v) is 4.26. The Labute approximate surface area is 148 Å². The molecule has 2 heterocycles. The Morgan fingerprint density at radius 3 is 2.48 bits per heavy atom. The number of amides is 1. The van der Waals surface area contributed by atoms with Gasteiger partial charge in [-0.3, -0.25) is 4.79 Å². The molecule has 0 saturated carbocycles. The minimum absolute atomic E-state index is 0.118. The van der Waals surface area contributed by atoms with Gasteiger partial charge in [0.2, 0.25) is 5.91 Å². The molecule has 4 heteroatoms. The van der Waals surface area contributed by atoms with Gasteiger partial charge in [0.1, 0.15) is 0 Å². The molecule has 2 N–H and O–H groups in total. The third-order valence-corrected chi connectivity index (χ3v) is 5.86. The second-order valence-electron chi connectivity index (χ2n) is 7.40. The van der Waals surface area contributed by atoms with Crippen molar-refractivity contribution in [1.29, 1.82) is 0 Å². The lowest BCUT2D eigenvalue weighted by Crippen LogP contribution is -2.59. The molecule has 2 aromatic rings. The highest BCUT2D eigenvalue weighted by Crippen LogP contribution is 2.34. The molecular formula is C21H26N2O2. The maximum Gasteiger partial charge on any atom is 0.242 e. The van der Waals surface area contributed by atoms with Gasteiger partial charge >= 0.3 is 0 Å². The maximum atomic E-state index is 12.9. The monoisotopic (exact) mass is 338 g/mol. The van der Waals surface area contributed by atoms with E-state index in [9.17, 15) is 4.79 Å². The predicted octanol–water partition coefficient (Wildman–Crippen LogP) is 3.05. The number of benzene rings is 2. The van der Waals surface area contributed by atoms with Crippen LogP contribution in [0.3, 0.4) is 0 Å². The molecule has 4 nitrogen and oxygen atoms in total. The summed E-state index contributed by atoms with van der Waals surface area (Å²) in [6, 6.07) is 15.1. The molecule has 2 aromatic carbocycles. The van der Waals surface area contributed by atoms with E-state index in [1.165, 1.54) is 16.3 Å². The standard InChI is InChI=1S/C21H26N2O2/c22-21(10-14-25-15-11-21)20(24)23-12-8-17(9-13-23)19-7-3-5-16-4-1-2-6-18(16)19/h1-7,17H,8-15,22H2. The first-order valence-electron chi connectivity index (χ1n) is 9.31. The highest BCUT2D eigenvalue weighted by atomic mass is 16.5. The van der Waals surface area contributed by atoms with Gasteiger partial charge in [-0.05, 0) is 47.9 Å². The van der Waals surface area contributed by atoms with Gasteiger partial charge in [-0.15, -0.1) is 0 Å². The molecular weight excluding hydrogens is 312 g/mol. The zero-order valence-electron chi connectivity index (χ0n) is 14.6. The molecule has 1 amide bonds. The zero-order chi connectivity index (χ0) is 17.3. The summed E-state index contributed by atoms with van der Waals surface area (Å²) >= 11 is 0. The van der Waals surface area contributed by atoms with E-state index in [0.717, 1.165) is 25.9 Å². The van der Waals surface area contributed by atoms with Crippen LogP contribution in [0.2, 0.25) is 0 Å². The number of carbonyl (C=O) groups is 1. The van der Waals surface area contributed by atoms with E-state index in [4.69, 9.17) is 10.5 Å². The molecule has 0 radical (unpaired) electrons. The van der Waals surface area contributed by atoms with Crippen LogP contribution in [0.5, 0.6) is 0 Å². The lowest BCUT2D eigenvalue weighted by Gasteiger charge is -2.40. The number of hydrogen-bond donors (Lipinski definition) is 1. The Kier molecular flexibility index (Phi) is 4.48. The highest BCUT2D eigenvalue weighted by Gasteiger charge is 2.40. The number of nitrogens with two attached hydrogens (primary N) is 1. The molecule has 0 aromatic heterocycles. The first-order valence-corrected chi connectivity index (χ1v) is 9.31. The van der Waals surface area contributed by atoms with Crippen molar-refractivity contribution in [2.45, 2.75) is 37.1 Å². The molecule has 0 unspecified atom stereocenters. The summed E-state index contributed by atoms with van der Waals surface area (Å²) in [6.45, 7) is 2.78. The number of piperidine rings is 1. The topological polar surface area (TPSA) is 55.6 Å². The van der Waals surface area contributed by atoms with E-state index in [1.807, 2.05) is 4.90 Å². The molecule has 4 rings (SSSR count). The van der Waals surface area contributed by atoms with E-state index in [2.05, 4.69) is 42.5 Å². The molecule has 2 fully saturated rings. The Morgan fingerprint density at radius 1 is 1.04 bits per heavy atom. The van der Waals surface area contributed by atoms with Crippen molar-refractivity contribution in [3.05, 3.63) is 48.0 Å². The van der Waals surface area contributed by atoms with Crippen LogP contribution in [0.4, 0.5) is 0 Å². The summed E-state index contributed by atoms with van der Waals surface area (Å²) in [7, 11) is 0. The van der Waals surface area contributed by atoms with Crippen LogP contribution < -0.4 is 5.73 Å². The van der Waals surface area contributed by atoms with Crippen LogP contribution in [0.25, 0.3) is 10.8 Å². The quantitative estimate of drug-likeness (QED) is 0.916. The van der Waals surface area contributed by atoms with Crippen molar-refractivity contribution >= 4 is 16.7 Å². The number of carbonyl (C=O) groups excluding carboxylic acids is 1. The van der Waals surface area contributed by atoms with Crippen molar-refractivity contribution in [3.8, 4) is 0 Å². The zero-order valence-corrected chi connectivity index (χ0v) is 14.6. The summed E-state index contributed by atoms with van der Waals surface area (Å²) in [4.78, 5) is 14.9. The average Bonchev–Trinajstić information content (AvgIpc) is 2.68. The Hall–Kier alpha value is -1.91. The minimum Gasteiger partial charge on any atom is -0.381 e. The minimum atomic E-state index is -0.718. The molecule has 132 valence electrons. The van der Waals surface area contributed by atoms with E-state index in [0.29, 0.717) is 32.0 Å². The Morgan fingerprint density at radius 2 is 1.72 bits per heavy atom. The molecule has 2 saturated heterocycles. The number of likely N-dealkylation sites (tertiary alicyclic amines) is 1. The van der Waals surface area contributed by atoms with Gasteiger partial charge in [0.15, 0.2) is 0 Å². The first kappa shape index (κ1) is 16.6. The van der Waals surface area contributed by atoms with Gasteiger partial charge in [-0.25, -0.2) is 0 Å². The SMILES string of the molecule is NC1(C(=O)N2CCC(c3cccc4ccccc34)CC2)CCOCC1. The Balaban J connectivity index is 1.47. The van der Waals surface area contributed by atoms with E-state index < -0.39 is 5.54 Å². The van der Waals surface area contributed by atoms with Crippen LogP contribution in [0, 0.1) is 0 Å².